The van der Waals surface area contributed by atoms with Gasteiger partial charge in [0.25, 0.3) is 0 Å². The molecule has 3 rings (SSSR count). The normalized spacial score (nSPS) is 12.1. The summed E-state index contributed by atoms with van der Waals surface area (Å²) in [4.78, 5) is 26.3. The van der Waals surface area contributed by atoms with Crippen molar-refractivity contribution in [2.45, 2.75) is 12.2 Å². The quantitative estimate of drug-likeness (QED) is 0.694. The van der Waals surface area contributed by atoms with E-state index in [0.29, 0.717) is 46.9 Å². The first kappa shape index (κ1) is 18.1. The van der Waals surface area contributed by atoms with Crippen LogP contribution in [0, 0.1) is 0 Å². The molecule has 9 nitrogen and oxygen atoms in total. The Kier molecular flexibility index (Phi) is 5.61. The van der Waals surface area contributed by atoms with Crippen LogP contribution in [0.15, 0.2) is 18.2 Å². The lowest BCUT2D eigenvalue weighted by Gasteiger charge is -2.11. The van der Waals surface area contributed by atoms with Crippen molar-refractivity contribution in [3.05, 3.63) is 24.0 Å². The highest BCUT2D eigenvalue weighted by molar-refractivity contribution is 7.98. The van der Waals surface area contributed by atoms with E-state index in [1.165, 1.54) is 0 Å². The van der Waals surface area contributed by atoms with E-state index >= 15 is 0 Å². The van der Waals surface area contributed by atoms with Crippen LogP contribution in [0.5, 0.6) is 11.5 Å². The molecule has 0 saturated carbocycles. The maximum Gasteiger partial charge on any atom is 0.231 e. The lowest BCUT2D eigenvalue weighted by atomic mass is 10.2. The molecule has 0 bridgehead atoms. The summed E-state index contributed by atoms with van der Waals surface area (Å²) in [5.41, 5.74) is 6.38. The molecule has 10 heteroatoms. The van der Waals surface area contributed by atoms with Crippen LogP contribution in [0.3, 0.4) is 0 Å². The SMILES string of the molecule is CN(C)c1nc(N)nc(CSCCC(=O)Nc2ccc3c(c2)OCO3)n1. The zero-order chi connectivity index (χ0) is 18.5. The number of carbonyl (C=O) groups excluding carboxylic acids is 1. The lowest BCUT2D eigenvalue weighted by Crippen LogP contribution is -2.16. The molecule has 0 aliphatic carbocycles. The highest BCUT2D eigenvalue weighted by atomic mass is 32.2. The molecular weight excluding hydrogens is 356 g/mol. The van der Waals surface area contributed by atoms with E-state index in [-0.39, 0.29) is 18.6 Å². The molecule has 26 heavy (non-hydrogen) atoms. The van der Waals surface area contributed by atoms with Gasteiger partial charge < -0.3 is 25.4 Å². The molecule has 1 aliphatic heterocycles. The van der Waals surface area contributed by atoms with Crippen molar-refractivity contribution in [2.24, 2.45) is 0 Å². The number of nitrogen functional groups attached to an aromatic ring is 1. The Morgan fingerprint density at radius 1 is 1.27 bits per heavy atom. The van der Waals surface area contributed by atoms with Crippen LogP contribution in [-0.4, -0.2) is 47.5 Å². The molecular formula is C16H20N6O3S. The summed E-state index contributed by atoms with van der Waals surface area (Å²) in [7, 11) is 3.68. The van der Waals surface area contributed by atoms with Crippen molar-refractivity contribution in [2.75, 3.05) is 42.6 Å². The summed E-state index contributed by atoms with van der Waals surface area (Å²) in [6, 6.07) is 5.32. The Labute approximate surface area is 155 Å². The number of rotatable bonds is 7. The number of thioether (sulfide) groups is 1. The standard InChI is InChI=1S/C16H20N6O3S/c1-22(2)16-20-13(19-15(17)21-16)8-26-6-5-14(23)18-10-3-4-11-12(7-10)25-9-24-11/h3-4,7H,5-6,8-9H2,1-2H3,(H,18,23)(H2,17,19,20,21). The first-order chi connectivity index (χ1) is 12.5. The fourth-order valence-electron chi connectivity index (χ4n) is 2.22. The number of amides is 1. The average molecular weight is 376 g/mol. The van der Waals surface area contributed by atoms with Gasteiger partial charge in [0.1, 0.15) is 5.82 Å². The number of hydrogen-bond acceptors (Lipinski definition) is 9. The van der Waals surface area contributed by atoms with E-state index in [1.807, 2.05) is 14.1 Å². The summed E-state index contributed by atoms with van der Waals surface area (Å²) >= 11 is 1.56. The number of hydrogen-bond donors (Lipinski definition) is 2. The summed E-state index contributed by atoms with van der Waals surface area (Å²) < 4.78 is 10.5. The van der Waals surface area contributed by atoms with Gasteiger partial charge in [0.05, 0.1) is 5.75 Å². The Balaban J connectivity index is 1.44. The highest BCUT2D eigenvalue weighted by Crippen LogP contribution is 2.34. The van der Waals surface area contributed by atoms with Gasteiger partial charge in [-0.05, 0) is 12.1 Å². The largest absolute Gasteiger partial charge is 0.454 e. The van der Waals surface area contributed by atoms with E-state index < -0.39 is 0 Å². The summed E-state index contributed by atoms with van der Waals surface area (Å²) in [5, 5.41) is 2.85. The van der Waals surface area contributed by atoms with Gasteiger partial charge in [0, 0.05) is 38.0 Å². The molecule has 2 aromatic rings. The minimum absolute atomic E-state index is 0.0690. The molecule has 0 fully saturated rings. The van der Waals surface area contributed by atoms with Crippen LogP contribution in [0.2, 0.25) is 0 Å². The van der Waals surface area contributed by atoms with Crippen molar-refractivity contribution in [1.82, 2.24) is 15.0 Å². The monoisotopic (exact) mass is 376 g/mol. The highest BCUT2D eigenvalue weighted by Gasteiger charge is 2.14. The van der Waals surface area contributed by atoms with E-state index in [0.717, 1.165) is 0 Å². The van der Waals surface area contributed by atoms with Gasteiger partial charge in [-0.15, -0.1) is 0 Å². The lowest BCUT2D eigenvalue weighted by molar-refractivity contribution is -0.115. The number of fused-ring (bicyclic) bond motifs is 1. The molecule has 0 saturated heterocycles. The minimum Gasteiger partial charge on any atom is -0.454 e. The Hall–Kier alpha value is -2.75. The topological polar surface area (TPSA) is 115 Å². The molecule has 3 N–H and O–H groups in total. The van der Waals surface area contributed by atoms with E-state index in [4.69, 9.17) is 15.2 Å². The summed E-state index contributed by atoms with van der Waals surface area (Å²) in [6.45, 7) is 0.209. The molecule has 2 heterocycles. The minimum atomic E-state index is -0.0690. The van der Waals surface area contributed by atoms with Gasteiger partial charge in [-0.25, -0.2) is 0 Å². The van der Waals surface area contributed by atoms with Gasteiger partial charge >= 0.3 is 0 Å². The summed E-state index contributed by atoms with van der Waals surface area (Å²) in [5.74, 6) is 3.77. The summed E-state index contributed by atoms with van der Waals surface area (Å²) in [6.07, 6.45) is 0.375. The third-order valence-corrected chi connectivity index (χ3v) is 4.40. The van der Waals surface area contributed by atoms with E-state index in [2.05, 4.69) is 20.3 Å². The molecule has 0 spiro atoms. The van der Waals surface area contributed by atoms with E-state index in [1.54, 1.807) is 34.9 Å². The smallest absolute Gasteiger partial charge is 0.231 e. The van der Waals surface area contributed by atoms with Crippen molar-refractivity contribution in [1.29, 1.82) is 0 Å². The molecule has 0 unspecified atom stereocenters. The van der Waals surface area contributed by atoms with Crippen LogP contribution >= 0.6 is 11.8 Å². The maximum atomic E-state index is 12.1. The number of carbonyl (C=O) groups is 1. The second kappa shape index (κ2) is 8.09. The van der Waals surface area contributed by atoms with Crippen LogP contribution in [-0.2, 0) is 10.5 Å². The molecule has 138 valence electrons. The Morgan fingerprint density at radius 3 is 2.88 bits per heavy atom. The van der Waals surface area contributed by atoms with Gasteiger partial charge in [0.15, 0.2) is 11.5 Å². The fourth-order valence-corrected chi connectivity index (χ4v) is 3.00. The van der Waals surface area contributed by atoms with Crippen molar-refractivity contribution in [3.63, 3.8) is 0 Å². The molecule has 0 atom stereocenters. The van der Waals surface area contributed by atoms with Crippen LogP contribution < -0.4 is 25.4 Å². The molecule has 0 radical (unpaired) electrons. The maximum absolute atomic E-state index is 12.1. The van der Waals surface area contributed by atoms with Crippen molar-refractivity contribution >= 4 is 35.3 Å². The van der Waals surface area contributed by atoms with Gasteiger partial charge in [-0.2, -0.15) is 26.7 Å². The van der Waals surface area contributed by atoms with Gasteiger partial charge in [-0.1, -0.05) is 0 Å². The van der Waals surface area contributed by atoms with Crippen molar-refractivity contribution in [3.8, 4) is 11.5 Å². The molecule has 1 aromatic carbocycles. The number of nitrogens with zero attached hydrogens (tertiary/aromatic N) is 4. The number of ether oxygens (including phenoxy) is 2. The first-order valence-electron chi connectivity index (χ1n) is 7.96. The fraction of sp³-hybridized carbons (Fsp3) is 0.375. The number of benzene rings is 1. The second-order valence-corrected chi connectivity index (χ2v) is 6.83. The average Bonchev–Trinajstić information content (AvgIpc) is 3.06. The van der Waals surface area contributed by atoms with Gasteiger partial charge in [0.2, 0.25) is 24.6 Å². The van der Waals surface area contributed by atoms with Crippen LogP contribution in [0.1, 0.15) is 12.2 Å². The van der Waals surface area contributed by atoms with E-state index in [9.17, 15) is 4.79 Å². The molecule has 1 aliphatic rings. The number of nitrogens with one attached hydrogen (secondary N) is 1. The zero-order valence-electron chi connectivity index (χ0n) is 14.6. The molecule has 1 aromatic heterocycles. The Bertz CT molecular complexity index is 802. The molecule has 1 amide bonds. The second-order valence-electron chi connectivity index (χ2n) is 5.72. The third-order valence-electron chi connectivity index (χ3n) is 3.45. The predicted octanol–water partition coefficient (Wildman–Crippen LogP) is 1.51. The zero-order valence-corrected chi connectivity index (χ0v) is 15.4. The van der Waals surface area contributed by atoms with Gasteiger partial charge in [-0.3, -0.25) is 4.79 Å². The van der Waals surface area contributed by atoms with Crippen LogP contribution in [0.4, 0.5) is 17.6 Å². The van der Waals surface area contributed by atoms with Crippen LogP contribution in [0.25, 0.3) is 0 Å². The Morgan fingerprint density at radius 2 is 2.08 bits per heavy atom. The third kappa shape index (κ3) is 4.66. The van der Waals surface area contributed by atoms with Crippen molar-refractivity contribution < 1.29 is 14.3 Å². The first-order valence-corrected chi connectivity index (χ1v) is 9.12. The number of anilines is 3. The predicted molar refractivity (Wildman–Crippen MR) is 101 cm³/mol. The number of nitrogens with two attached hydrogens (primary N) is 1. The number of aromatic nitrogens is 3.